The van der Waals surface area contributed by atoms with E-state index in [9.17, 15) is 14.0 Å². The second-order valence-corrected chi connectivity index (χ2v) is 10.6. The maximum atomic E-state index is 13.6. The standard InChI is InChI=1S/C24H17Cl5FN3O3/c1-36-33-19-9-12(30)3-7-18(19)32-22(34)14-10-13(4-6-15(14)25)31-23(35)21-20(24(21,28)29)11-2-5-16(26)17(27)8-11/h2-10,20-21,33H,1H3,(H,31,35)(H,32,34)/t20-,21?/m0/s1. The van der Waals surface area contributed by atoms with E-state index in [0.717, 1.165) is 6.07 Å². The molecular weight excluding hydrogens is 575 g/mol. The van der Waals surface area contributed by atoms with Crippen molar-refractivity contribution in [1.29, 1.82) is 0 Å². The molecule has 2 atom stereocenters. The maximum absolute atomic E-state index is 13.6. The number of halogens is 6. The molecule has 1 aliphatic rings. The number of carbonyl (C=O) groups excluding carboxylic acids is 2. The molecule has 3 aromatic carbocycles. The van der Waals surface area contributed by atoms with Crippen molar-refractivity contribution >= 4 is 86.9 Å². The van der Waals surface area contributed by atoms with Crippen LogP contribution in [0.15, 0.2) is 54.6 Å². The molecule has 188 valence electrons. The molecule has 0 spiro atoms. The molecule has 3 aromatic rings. The lowest BCUT2D eigenvalue weighted by atomic mass is 10.1. The smallest absolute Gasteiger partial charge is 0.257 e. The molecule has 0 aliphatic heterocycles. The zero-order valence-electron chi connectivity index (χ0n) is 18.3. The van der Waals surface area contributed by atoms with Crippen molar-refractivity contribution < 1.29 is 18.8 Å². The van der Waals surface area contributed by atoms with Crippen LogP contribution in [0, 0.1) is 11.7 Å². The largest absolute Gasteiger partial charge is 0.326 e. The van der Waals surface area contributed by atoms with Gasteiger partial charge in [-0.15, -0.1) is 23.2 Å². The SMILES string of the molecule is CONc1cc(F)ccc1NC(=O)c1cc(NC(=O)C2[C@H](c3ccc(Cl)c(Cl)c3)C2(Cl)Cl)ccc1Cl. The maximum Gasteiger partial charge on any atom is 0.257 e. The summed E-state index contributed by atoms with van der Waals surface area (Å²) in [5, 5.41) is 6.19. The Bertz CT molecular complexity index is 1350. The third-order valence-electron chi connectivity index (χ3n) is 5.56. The lowest BCUT2D eigenvalue weighted by Gasteiger charge is -2.13. The van der Waals surface area contributed by atoms with Crippen LogP contribution in [0.4, 0.5) is 21.5 Å². The molecule has 3 N–H and O–H groups in total. The molecule has 0 aromatic heterocycles. The Labute approximate surface area is 230 Å². The van der Waals surface area contributed by atoms with Crippen LogP contribution in [-0.4, -0.2) is 23.3 Å². The first-order valence-electron chi connectivity index (χ1n) is 10.4. The third kappa shape index (κ3) is 5.52. The molecule has 0 radical (unpaired) electrons. The Balaban J connectivity index is 1.51. The van der Waals surface area contributed by atoms with Crippen molar-refractivity contribution in [2.24, 2.45) is 5.92 Å². The number of alkyl halides is 2. The lowest BCUT2D eigenvalue weighted by molar-refractivity contribution is -0.117. The van der Waals surface area contributed by atoms with Crippen molar-refractivity contribution in [3.63, 3.8) is 0 Å². The molecule has 4 rings (SSSR count). The molecule has 1 unspecified atom stereocenters. The number of rotatable bonds is 7. The Morgan fingerprint density at radius 1 is 0.889 bits per heavy atom. The van der Waals surface area contributed by atoms with Crippen LogP contribution in [0.1, 0.15) is 21.8 Å². The van der Waals surface area contributed by atoms with Crippen LogP contribution in [0.25, 0.3) is 0 Å². The normalized spacial score (nSPS) is 17.9. The zero-order valence-corrected chi connectivity index (χ0v) is 22.1. The van der Waals surface area contributed by atoms with Gasteiger partial charge in [-0.3, -0.25) is 19.9 Å². The predicted octanol–water partition coefficient (Wildman–Crippen LogP) is 7.54. The van der Waals surface area contributed by atoms with Crippen LogP contribution in [0.3, 0.4) is 0 Å². The summed E-state index contributed by atoms with van der Waals surface area (Å²) >= 11 is 31.1. The second-order valence-electron chi connectivity index (χ2n) is 7.94. The highest BCUT2D eigenvalue weighted by molar-refractivity contribution is 6.53. The van der Waals surface area contributed by atoms with Gasteiger partial charge in [0.1, 0.15) is 10.2 Å². The van der Waals surface area contributed by atoms with Crippen LogP contribution in [-0.2, 0) is 9.63 Å². The van der Waals surface area contributed by atoms with E-state index >= 15 is 0 Å². The first-order chi connectivity index (χ1) is 17.0. The van der Waals surface area contributed by atoms with E-state index in [1.54, 1.807) is 18.2 Å². The van der Waals surface area contributed by atoms with Crippen molar-refractivity contribution in [3.05, 3.63) is 86.6 Å². The van der Waals surface area contributed by atoms with Gasteiger partial charge < -0.3 is 10.6 Å². The average molecular weight is 592 g/mol. The van der Waals surface area contributed by atoms with E-state index in [1.807, 2.05) is 0 Å². The molecular formula is C24H17Cl5FN3O3. The molecule has 12 heteroatoms. The van der Waals surface area contributed by atoms with Gasteiger partial charge in [-0.05, 0) is 48.0 Å². The van der Waals surface area contributed by atoms with Gasteiger partial charge in [-0.1, -0.05) is 40.9 Å². The summed E-state index contributed by atoms with van der Waals surface area (Å²) in [6.07, 6.45) is 0. The highest BCUT2D eigenvalue weighted by Crippen LogP contribution is 2.65. The van der Waals surface area contributed by atoms with Crippen molar-refractivity contribution in [2.45, 2.75) is 10.3 Å². The molecule has 1 saturated carbocycles. The van der Waals surface area contributed by atoms with Gasteiger partial charge in [-0.2, -0.15) is 0 Å². The fraction of sp³-hybridized carbons (Fsp3) is 0.167. The summed E-state index contributed by atoms with van der Waals surface area (Å²) in [7, 11) is 1.35. The fourth-order valence-corrected chi connectivity index (χ4v) is 5.12. The minimum atomic E-state index is -1.35. The zero-order chi connectivity index (χ0) is 26.2. The monoisotopic (exact) mass is 589 g/mol. The van der Waals surface area contributed by atoms with Crippen molar-refractivity contribution in [2.75, 3.05) is 23.2 Å². The summed E-state index contributed by atoms with van der Waals surface area (Å²) < 4.78 is 12.2. The van der Waals surface area contributed by atoms with Crippen molar-refractivity contribution in [1.82, 2.24) is 0 Å². The molecule has 0 heterocycles. The molecule has 36 heavy (non-hydrogen) atoms. The number of carbonyl (C=O) groups is 2. The van der Waals surface area contributed by atoms with Gasteiger partial charge in [0.15, 0.2) is 0 Å². The minimum absolute atomic E-state index is 0.0713. The highest BCUT2D eigenvalue weighted by atomic mass is 35.5. The number of hydrogen-bond donors (Lipinski definition) is 3. The minimum Gasteiger partial charge on any atom is -0.326 e. The third-order valence-corrected chi connectivity index (χ3v) is 7.57. The first kappa shape index (κ1) is 26.8. The number of amides is 2. The van der Waals surface area contributed by atoms with Crippen LogP contribution in [0.2, 0.25) is 15.1 Å². The second kappa shape index (κ2) is 10.6. The molecule has 1 aliphatic carbocycles. The van der Waals surface area contributed by atoms with Gasteiger partial charge in [0, 0.05) is 17.7 Å². The van der Waals surface area contributed by atoms with Crippen LogP contribution >= 0.6 is 58.0 Å². The first-order valence-corrected chi connectivity index (χ1v) is 12.2. The van der Waals surface area contributed by atoms with Gasteiger partial charge in [-0.25, -0.2) is 4.39 Å². The Hall–Kier alpha value is -2.26. The molecule has 1 fully saturated rings. The number of anilines is 3. The van der Waals surface area contributed by atoms with Gasteiger partial charge in [0.25, 0.3) is 5.91 Å². The number of hydrogen-bond acceptors (Lipinski definition) is 4. The van der Waals surface area contributed by atoms with E-state index in [-0.39, 0.29) is 22.0 Å². The Kier molecular flexibility index (Phi) is 7.90. The predicted molar refractivity (Wildman–Crippen MR) is 142 cm³/mol. The van der Waals surface area contributed by atoms with E-state index < -0.39 is 33.8 Å². The van der Waals surface area contributed by atoms with Gasteiger partial charge >= 0.3 is 0 Å². The lowest BCUT2D eigenvalue weighted by Crippen LogP contribution is -2.18. The molecule has 0 bridgehead atoms. The Morgan fingerprint density at radius 3 is 2.31 bits per heavy atom. The molecule has 2 amide bonds. The fourth-order valence-electron chi connectivity index (χ4n) is 3.78. The quantitative estimate of drug-likeness (QED) is 0.196. The van der Waals surface area contributed by atoms with E-state index in [1.165, 1.54) is 37.4 Å². The number of nitrogens with one attached hydrogen (secondary N) is 3. The van der Waals surface area contributed by atoms with E-state index in [4.69, 9.17) is 62.8 Å². The van der Waals surface area contributed by atoms with Crippen molar-refractivity contribution in [3.8, 4) is 0 Å². The van der Waals surface area contributed by atoms with Gasteiger partial charge in [0.2, 0.25) is 5.91 Å². The molecule has 6 nitrogen and oxygen atoms in total. The molecule has 0 saturated heterocycles. The average Bonchev–Trinajstić information content (AvgIpc) is 3.40. The van der Waals surface area contributed by atoms with Gasteiger partial charge in [0.05, 0.1) is 45.0 Å². The van der Waals surface area contributed by atoms with Crippen LogP contribution < -0.4 is 16.1 Å². The summed E-state index contributed by atoms with van der Waals surface area (Å²) in [4.78, 5) is 30.7. The van der Waals surface area contributed by atoms with E-state index in [2.05, 4.69) is 16.1 Å². The summed E-state index contributed by atoms with van der Waals surface area (Å²) in [6.45, 7) is 0. The highest BCUT2D eigenvalue weighted by Gasteiger charge is 2.67. The van der Waals surface area contributed by atoms with Crippen LogP contribution in [0.5, 0.6) is 0 Å². The Morgan fingerprint density at radius 2 is 1.61 bits per heavy atom. The summed E-state index contributed by atoms with van der Waals surface area (Å²) in [6, 6.07) is 13.0. The van der Waals surface area contributed by atoms with E-state index in [0.29, 0.717) is 21.3 Å². The summed E-state index contributed by atoms with van der Waals surface area (Å²) in [5.41, 5.74) is 3.99. The topological polar surface area (TPSA) is 79.5 Å². The number of benzene rings is 3. The summed E-state index contributed by atoms with van der Waals surface area (Å²) in [5.74, 6) is -2.84.